The lowest BCUT2D eigenvalue weighted by atomic mass is 10.3. The first kappa shape index (κ1) is 11.8. The maximum absolute atomic E-state index is 5.60. The summed E-state index contributed by atoms with van der Waals surface area (Å²) in [5.41, 5.74) is 3.31. The number of aryl methyl sites for hydroxylation is 1. The molecule has 0 aromatic carbocycles. The molecule has 100 valence electrons. The van der Waals surface area contributed by atoms with Crippen LogP contribution >= 0.6 is 0 Å². The van der Waals surface area contributed by atoms with Gasteiger partial charge in [0, 0.05) is 13.0 Å². The molecule has 0 atom stereocenters. The average molecular weight is 261 g/mol. The average Bonchev–Trinajstić information content (AvgIpc) is 3.16. The molecule has 0 spiro atoms. The maximum Gasteiger partial charge on any atom is 0.342 e. The second kappa shape index (κ2) is 4.47. The minimum absolute atomic E-state index is 0.258. The van der Waals surface area contributed by atoms with Crippen LogP contribution in [0.2, 0.25) is 0 Å². The van der Waals surface area contributed by atoms with Crippen LogP contribution in [0.15, 0.2) is 6.33 Å². The summed E-state index contributed by atoms with van der Waals surface area (Å²) in [6.45, 7) is 1.84. The van der Waals surface area contributed by atoms with Crippen LogP contribution in [0.3, 0.4) is 0 Å². The van der Waals surface area contributed by atoms with Crippen molar-refractivity contribution in [2.24, 2.45) is 12.9 Å². The molecule has 0 unspecified atom stereocenters. The third-order valence-corrected chi connectivity index (χ3v) is 2.96. The lowest BCUT2D eigenvalue weighted by Gasteiger charge is -2.10. The number of nitrogens with one attached hydrogen (secondary N) is 1. The summed E-state index contributed by atoms with van der Waals surface area (Å²) in [5, 5.41) is 4.06. The molecule has 0 radical (unpaired) electrons. The van der Waals surface area contributed by atoms with E-state index in [1.165, 1.54) is 0 Å². The quantitative estimate of drug-likeness (QED) is 0.621. The number of rotatable bonds is 4. The zero-order valence-electron chi connectivity index (χ0n) is 10.8. The number of nitrogen functional groups attached to an aromatic ring is 1. The van der Waals surface area contributed by atoms with Gasteiger partial charge in [0.25, 0.3) is 0 Å². The van der Waals surface area contributed by atoms with Gasteiger partial charge in [0.1, 0.15) is 12.2 Å². The van der Waals surface area contributed by atoms with E-state index in [1.807, 2.05) is 6.92 Å². The molecule has 0 amide bonds. The molecule has 3 rings (SSSR count). The van der Waals surface area contributed by atoms with Crippen molar-refractivity contribution in [3.63, 3.8) is 0 Å². The van der Waals surface area contributed by atoms with Gasteiger partial charge in [-0.25, -0.2) is 10.8 Å². The molecule has 1 fully saturated rings. The van der Waals surface area contributed by atoms with Crippen LogP contribution in [0.1, 0.15) is 30.1 Å². The summed E-state index contributed by atoms with van der Waals surface area (Å²) in [7, 11) is 1.77. The molecule has 8 heteroatoms. The highest BCUT2D eigenvalue weighted by atomic mass is 16.5. The molecule has 2 aromatic rings. The fraction of sp³-hybridized carbons (Fsp3) is 0.455. The van der Waals surface area contributed by atoms with E-state index in [0.29, 0.717) is 17.6 Å². The topological polar surface area (TPSA) is 104 Å². The van der Waals surface area contributed by atoms with Gasteiger partial charge in [-0.1, -0.05) is 0 Å². The first-order chi connectivity index (χ1) is 9.17. The van der Waals surface area contributed by atoms with Crippen molar-refractivity contribution < 1.29 is 4.74 Å². The third-order valence-electron chi connectivity index (χ3n) is 2.96. The van der Waals surface area contributed by atoms with E-state index in [9.17, 15) is 0 Å². The lowest BCUT2D eigenvalue weighted by molar-refractivity contribution is 0.416. The molecule has 0 aliphatic heterocycles. The SMILES string of the molecule is Cc1c(NN)nc(C2CC2)nc1Oc1ncn(C)n1. The number of nitrogens with two attached hydrogens (primary N) is 1. The third kappa shape index (κ3) is 2.34. The second-order valence-corrected chi connectivity index (χ2v) is 4.58. The molecule has 19 heavy (non-hydrogen) atoms. The minimum atomic E-state index is 0.258. The van der Waals surface area contributed by atoms with E-state index >= 15 is 0 Å². The van der Waals surface area contributed by atoms with Gasteiger partial charge < -0.3 is 10.2 Å². The monoisotopic (exact) mass is 261 g/mol. The van der Waals surface area contributed by atoms with E-state index in [1.54, 1.807) is 18.1 Å². The smallest absolute Gasteiger partial charge is 0.342 e. The summed E-state index contributed by atoms with van der Waals surface area (Å²) in [6.07, 6.45) is 3.78. The summed E-state index contributed by atoms with van der Waals surface area (Å²) < 4.78 is 7.17. The van der Waals surface area contributed by atoms with E-state index in [4.69, 9.17) is 10.6 Å². The Bertz CT molecular complexity index is 605. The van der Waals surface area contributed by atoms with Crippen molar-refractivity contribution in [2.45, 2.75) is 25.7 Å². The molecule has 0 saturated heterocycles. The molecule has 2 aromatic heterocycles. The molecular weight excluding hydrogens is 246 g/mol. The van der Waals surface area contributed by atoms with Crippen molar-refractivity contribution in [3.8, 4) is 11.9 Å². The predicted octanol–water partition coefficient (Wildman–Crippen LogP) is 0.869. The fourth-order valence-corrected chi connectivity index (χ4v) is 1.73. The first-order valence-electron chi connectivity index (χ1n) is 6.06. The van der Waals surface area contributed by atoms with Gasteiger partial charge in [-0.15, -0.1) is 5.10 Å². The molecule has 1 aliphatic rings. The summed E-state index contributed by atoms with van der Waals surface area (Å²) in [5.74, 6) is 7.65. The molecule has 2 heterocycles. The highest BCUT2D eigenvalue weighted by Gasteiger charge is 2.28. The highest BCUT2D eigenvalue weighted by Crippen LogP contribution is 2.40. The Hall–Kier alpha value is -2.22. The van der Waals surface area contributed by atoms with Gasteiger partial charge in [0.2, 0.25) is 5.88 Å². The Morgan fingerprint density at radius 2 is 2.21 bits per heavy atom. The van der Waals surface area contributed by atoms with E-state index in [0.717, 1.165) is 24.2 Å². The van der Waals surface area contributed by atoms with Gasteiger partial charge >= 0.3 is 6.01 Å². The Morgan fingerprint density at radius 3 is 2.79 bits per heavy atom. The summed E-state index contributed by atoms with van der Waals surface area (Å²) >= 11 is 0. The predicted molar refractivity (Wildman–Crippen MR) is 67.6 cm³/mol. The summed E-state index contributed by atoms with van der Waals surface area (Å²) in [4.78, 5) is 12.8. The Morgan fingerprint density at radius 1 is 1.42 bits per heavy atom. The minimum Gasteiger partial charge on any atom is -0.404 e. The first-order valence-corrected chi connectivity index (χ1v) is 6.06. The lowest BCUT2D eigenvalue weighted by Crippen LogP contribution is -2.13. The van der Waals surface area contributed by atoms with Crippen molar-refractivity contribution >= 4 is 5.82 Å². The number of hydrogen-bond acceptors (Lipinski definition) is 7. The van der Waals surface area contributed by atoms with Crippen molar-refractivity contribution in [2.75, 3.05) is 5.43 Å². The molecule has 1 aliphatic carbocycles. The standard InChI is InChI=1S/C11H15N7O/c1-6-8(16-12)14-9(7-3-4-7)15-10(6)19-11-13-5-18(2)17-11/h5,7H,3-4,12H2,1-2H3,(H,14,15,16). The zero-order valence-corrected chi connectivity index (χ0v) is 10.8. The van der Waals surface area contributed by atoms with Crippen molar-refractivity contribution in [1.29, 1.82) is 0 Å². The van der Waals surface area contributed by atoms with Crippen LogP contribution in [0.25, 0.3) is 0 Å². The number of aromatic nitrogens is 5. The van der Waals surface area contributed by atoms with Crippen LogP contribution in [-0.4, -0.2) is 24.7 Å². The number of nitrogens with zero attached hydrogens (tertiary/aromatic N) is 5. The molecule has 1 saturated carbocycles. The van der Waals surface area contributed by atoms with Crippen LogP contribution in [0.5, 0.6) is 11.9 Å². The summed E-state index contributed by atoms with van der Waals surface area (Å²) in [6, 6.07) is 0.258. The van der Waals surface area contributed by atoms with E-state index in [2.05, 4.69) is 25.5 Å². The van der Waals surface area contributed by atoms with Gasteiger partial charge in [0.15, 0.2) is 5.82 Å². The number of hydrogen-bond donors (Lipinski definition) is 2. The van der Waals surface area contributed by atoms with Crippen molar-refractivity contribution in [1.82, 2.24) is 24.7 Å². The Kier molecular flexibility index (Phi) is 2.79. The number of hydrazine groups is 1. The van der Waals surface area contributed by atoms with Gasteiger partial charge in [-0.2, -0.15) is 9.97 Å². The van der Waals surface area contributed by atoms with Crippen LogP contribution in [0, 0.1) is 6.92 Å². The van der Waals surface area contributed by atoms with Gasteiger partial charge in [-0.05, 0) is 19.8 Å². The molecular formula is C11H15N7O. The van der Waals surface area contributed by atoms with Crippen molar-refractivity contribution in [3.05, 3.63) is 17.7 Å². The number of ether oxygens (including phenoxy) is 1. The molecule has 3 N–H and O–H groups in total. The van der Waals surface area contributed by atoms with Crippen LogP contribution in [-0.2, 0) is 7.05 Å². The second-order valence-electron chi connectivity index (χ2n) is 4.58. The largest absolute Gasteiger partial charge is 0.404 e. The fourth-order valence-electron chi connectivity index (χ4n) is 1.73. The highest BCUT2D eigenvalue weighted by molar-refractivity contribution is 5.48. The van der Waals surface area contributed by atoms with E-state index < -0.39 is 0 Å². The van der Waals surface area contributed by atoms with Crippen LogP contribution < -0.4 is 16.0 Å². The van der Waals surface area contributed by atoms with Gasteiger partial charge in [0.05, 0.1) is 5.56 Å². The maximum atomic E-state index is 5.60. The number of anilines is 1. The molecule has 8 nitrogen and oxygen atoms in total. The van der Waals surface area contributed by atoms with Gasteiger partial charge in [-0.3, -0.25) is 4.68 Å². The zero-order chi connectivity index (χ0) is 13.4. The normalized spacial score (nSPS) is 14.5. The molecule has 0 bridgehead atoms. The van der Waals surface area contributed by atoms with Crippen LogP contribution in [0.4, 0.5) is 5.82 Å². The Labute approximate surface area is 110 Å². The Balaban J connectivity index is 1.96. The van der Waals surface area contributed by atoms with E-state index in [-0.39, 0.29) is 6.01 Å².